The Hall–Kier alpha value is -0.830. The van der Waals surface area contributed by atoms with Crippen LogP contribution in [0.1, 0.15) is 48.9 Å². The van der Waals surface area contributed by atoms with Crippen LogP contribution in [-0.4, -0.2) is 11.0 Å². The lowest BCUT2D eigenvalue weighted by atomic mass is 9.85. The summed E-state index contributed by atoms with van der Waals surface area (Å²) in [6.07, 6.45) is 6.78. The van der Waals surface area contributed by atoms with Crippen molar-refractivity contribution in [1.82, 2.24) is 4.98 Å². The molecule has 76 valence electrons. The van der Waals surface area contributed by atoms with Crippen LogP contribution >= 0.6 is 0 Å². The van der Waals surface area contributed by atoms with Gasteiger partial charge in [-0.3, -0.25) is 0 Å². The predicted molar refractivity (Wildman–Crippen MR) is 53.1 cm³/mol. The van der Waals surface area contributed by atoms with Gasteiger partial charge in [-0.05, 0) is 19.3 Å². The molecular weight excluding hydrogens is 176 g/mol. The van der Waals surface area contributed by atoms with Crippen molar-refractivity contribution in [3.05, 3.63) is 17.3 Å². The summed E-state index contributed by atoms with van der Waals surface area (Å²) < 4.78 is 5.79. The summed E-state index contributed by atoms with van der Waals surface area (Å²) >= 11 is 0. The first-order valence-corrected chi connectivity index (χ1v) is 5.57. The summed E-state index contributed by atoms with van der Waals surface area (Å²) in [5.74, 6) is 2.70. The molecule has 1 aromatic rings. The van der Waals surface area contributed by atoms with E-state index in [1.54, 1.807) is 0 Å². The van der Waals surface area contributed by atoms with Crippen LogP contribution in [0.5, 0.6) is 0 Å². The third-order valence-corrected chi connectivity index (χ3v) is 3.45. The van der Waals surface area contributed by atoms with Crippen molar-refractivity contribution in [3.8, 4) is 0 Å². The highest BCUT2D eigenvalue weighted by Crippen LogP contribution is 2.37. The van der Waals surface area contributed by atoms with Gasteiger partial charge in [0.05, 0.1) is 5.69 Å². The van der Waals surface area contributed by atoms with Crippen LogP contribution < -0.4 is 5.73 Å². The molecule has 0 saturated heterocycles. The molecule has 0 amide bonds. The van der Waals surface area contributed by atoms with Crippen LogP contribution in [0.25, 0.3) is 0 Å². The Balaban J connectivity index is 1.87. The van der Waals surface area contributed by atoms with Gasteiger partial charge >= 0.3 is 0 Å². The maximum Gasteiger partial charge on any atom is 0.197 e. The van der Waals surface area contributed by atoms with Gasteiger partial charge in [-0.1, -0.05) is 6.42 Å². The van der Waals surface area contributed by atoms with E-state index in [-0.39, 0.29) is 0 Å². The second kappa shape index (κ2) is 3.09. The molecule has 3 rings (SSSR count). The van der Waals surface area contributed by atoms with Crippen molar-refractivity contribution in [3.63, 3.8) is 0 Å². The van der Waals surface area contributed by atoms with E-state index in [4.69, 9.17) is 10.2 Å². The summed E-state index contributed by atoms with van der Waals surface area (Å²) in [6, 6.07) is 0.293. The first kappa shape index (κ1) is 8.48. The Morgan fingerprint density at radius 1 is 1.29 bits per heavy atom. The monoisotopic (exact) mass is 192 g/mol. The lowest BCUT2D eigenvalue weighted by Crippen LogP contribution is -2.27. The summed E-state index contributed by atoms with van der Waals surface area (Å²) in [4.78, 5) is 4.58. The third-order valence-electron chi connectivity index (χ3n) is 3.45. The fourth-order valence-corrected chi connectivity index (χ4v) is 2.25. The van der Waals surface area contributed by atoms with Gasteiger partial charge in [-0.25, -0.2) is 4.98 Å². The molecule has 1 aromatic heterocycles. The third kappa shape index (κ3) is 1.27. The zero-order chi connectivity index (χ0) is 9.54. The maximum absolute atomic E-state index is 5.90. The number of nitrogens with zero attached hydrogens (tertiary/aromatic N) is 1. The van der Waals surface area contributed by atoms with Gasteiger partial charge < -0.3 is 10.2 Å². The number of aromatic nitrogens is 1. The van der Waals surface area contributed by atoms with Gasteiger partial charge in [0.2, 0.25) is 0 Å². The van der Waals surface area contributed by atoms with E-state index in [0.717, 1.165) is 36.6 Å². The summed E-state index contributed by atoms with van der Waals surface area (Å²) in [5.41, 5.74) is 7.03. The van der Waals surface area contributed by atoms with Crippen molar-refractivity contribution in [2.45, 2.75) is 50.5 Å². The Morgan fingerprint density at radius 2 is 2.14 bits per heavy atom. The molecule has 1 fully saturated rings. The van der Waals surface area contributed by atoms with Crippen molar-refractivity contribution >= 4 is 0 Å². The molecule has 1 atom stereocenters. The van der Waals surface area contributed by atoms with Crippen LogP contribution in [-0.2, 0) is 12.8 Å². The highest BCUT2D eigenvalue weighted by Gasteiger charge is 2.28. The minimum absolute atomic E-state index is 0.293. The van der Waals surface area contributed by atoms with Crippen molar-refractivity contribution in [2.75, 3.05) is 0 Å². The highest BCUT2D eigenvalue weighted by atomic mass is 16.4. The minimum atomic E-state index is 0.293. The number of hydrogen-bond acceptors (Lipinski definition) is 3. The molecule has 0 spiro atoms. The molecule has 14 heavy (non-hydrogen) atoms. The van der Waals surface area contributed by atoms with E-state index in [1.807, 2.05) is 0 Å². The van der Waals surface area contributed by atoms with Crippen LogP contribution in [0.4, 0.5) is 0 Å². The largest absolute Gasteiger partial charge is 0.445 e. The molecule has 1 heterocycles. The molecule has 3 nitrogen and oxygen atoms in total. The molecule has 2 aliphatic carbocycles. The summed E-state index contributed by atoms with van der Waals surface area (Å²) in [7, 11) is 0. The smallest absolute Gasteiger partial charge is 0.197 e. The second-order valence-electron chi connectivity index (χ2n) is 4.55. The predicted octanol–water partition coefficient (Wildman–Crippen LogP) is 1.76. The average Bonchev–Trinajstić information content (AvgIpc) is 2.43. The molecular formula is C11H16N2O. The normalized spacial score (nSPS) is 27.1. The van der Waals surface area contributed by atoms with E-state index in [2.05, 4.69) is 4.98 Å². The zero-order valence-electron chi connectivity index (χ0n) is 8.33. The van der Waals surface area contributed by atoms with Gasteiger partial charge in [0.15, 0.2) is 5.89 Å². The number of oxazole rings is 1. The number of nitrogens with two attached hydrogens (primary N) is 1. The van der Waals surface area contributed by atoms with Gasteiger partial charge in [-0.2, -0.15) is 0 Å². The number of hydrogen-bond donors (Lipinski definition) is 1. The fourth-order valence-electron chi connectivity index (χ4n) is 2.25. The fraction of sp³-hybridized carbons (Fsp3) is 0.727. The Morgan fingerprint density at radius 3 is 2.86 bits per heavy atom. The molecule has 0 radical (unpaired) electrons. The molecule has 0 bridgehead atoms. The van der Waals surface area contributed by atoms with E-state index in [1.165, 1.54) is 19.3 Å². The quantitative estimate of drug-likeness (QED) is 0.737. The summed E-state index contributed by atoms with van der Waals surface area (Å²) in [5, 5.41) is 0. The first-order chi connectivity index (χ1) is 6.83. The van der Waals surface area contributed by atoms with Crippen LogP contribution in [0.2, 0.25) is 0 Å². The molecule has 0 aromatic carbocycles. The zero-order valence-corrected chi connectivity index (χ0v) is 8.33. The standard InChI is InChI=1S/C11H16N2O/c12-8-4-5-10-9(6-8)13-11(14-10)7-2-1-3-7/h7-8H,1-6,12H2. The maximum atomic E-state index is 5.90. The molecule has 1 saturated carbocycles. The number of fused-ring (bicyclic) bond motifs is 1. The lowest BCUT2D eigenvalue weighted by molar-refractivity contribution is 0.322. The van der Waals surface area contributed by atoms with E-state index >= 15 is 0 Å². The number of aryl methyl sites for hydroxylation is 1. The number of rotatable bonds is 1. The van der Waals surface area contributed by atoms with Crippen LogP contribution in [0, 0.1) is 0 Å². The second-order valence-corrected chi connectivity index (χ2v) is 4.55. The molecule has 1 unspecified atom stereocenters. The van der Waals surface area contributed by atoms with Crippen molar-refractivity contribution in [1.29, 1.82) is 0 Å². The van der Waals surface area contributed by atoms with Crippen LogP contribution in [0.3, 0.4) is 0 Å². The molecule has 2 N–H and O–H groups in total. The van der Waals surface area contributed by atoms with Crippen LogP contribution in [0.15, 0.2) is 4.42 Å². The van der Waals surface area contributed by atoms with E-state index in [9.17, 15) is 0 Å². The minimum Gasteiger partial charge on any atom is -0.445 e. The van der Waals surface area contributed by atoms with Gasteiger partial charge in [0, 0.05) is 24.8 Å². The Kier molecular flexibility index (Phi) is 1.87. The first-order valence-electron chi connectivity index (χ1n) is 5.57. The van der Waals surface area contributed by atoms with Gasteiger partial charge in [0.1, 0.15) is 5.76 Å². The summed E-state index contributed by atoms with van der Waals surface area (Å²) in [6.45, 7) is 0. The topological polar surface area (TPSA) is 52.0 Å². The molecule has 2 aliphatic rings. The lowest BCUT2D eigenvalue weighted by Gasteiger charge is -2.21. The van der Waals surface area contributed by atoms with Gasteiger partial charge in [0.25, 0.3) is 0 Å². The SMILES string of the molecule is NC1CCc2oc(C3CCC3)nc2C1. The van der Waals surface area contributed by atoms with E-state index < -0.39 is 0 Å². The highest BCUT2D eigenvalue weighted by molar-refractivity contribution is 5.17. The molecule has 3 heteroatoms. The van der Waals surface area contributed by atoms with Crippen molar-refractivity contribution < 1.29 is 4.42 Å². The molecule has 0 aliphatic heterocycles. The van der Waals surface area contributed by atoms with Crippen molar-refractivity contribution in [2.24, 2.45) is 5.73 Å². The van der Waals surface area contributed by atoms with E-state index in [0.29, 0.717) is 12.0 Å². The van der Waals surface area contributed by atoms with Gasteiger partial charge in [-0.15, -0.1) is 0 Å². The Bertz CT molecular complexity index is 341. The average molecular weight is 192 g/mol. The Labute approximate surface area is 83.7 Å².